The number of carbonyl (C=O) groups is 1. The Morgan fingerprint density at radius 1 is 1.55 bits per heavy atom. The molecule has 0 saturated carbocycles. The largest absolute Gasteiger partial charge is 0.435 e. The minimum Gasteiger partial charge on any atom is -0.435 e. The van der Waals surface area contributed by atoms with Crippen molar-refractivity contribution in [3.8, 4) is 18.1 Å². The topological polar surface area (TPSA) is 64.4 Å². The first-order chi connectivity index (χ1) is 9.43. The number of carbonyl (C=O) groups excluding carboxylic acids is 1. The van der Waals surface area contributed by atoms with Crippen molar-refractivity contribution < 1.29 is 18.3 Å². The lowest BCUT2D eigenvalue weighted by molar-refractivity contribution is -0.122. The summed E-state index contributed by atoms with van der Waals surface area (Å²) in [7, 11) is 0. The van der Waals surface area contributed by atoms with Crippen LogP contribution in [0.1, 0.15) is 24.9 Å². The van der Waals surface area contributed by atoms with Crippen LogP contribution in [0.3, 0.4) is 0 Å². The predicted octanol–water partition coefficient (Wildman–Crippen LogP) is 1.82. The first kappa shape index (κ1) is 15.9. The van der Waals surface area contributed by atoms with E-state index in [0.29, 0.717) is 5.56 Å². The molecule has 1 aromatic carbocycles. The van der Waals surface area contributed by atoms with Crippen molar-refractivity contribution in [1.82, 2.24) is 5.32 Å². The molecule has 0 radical (unpaired) electrons. The highest BCUT2D eigenvalue weighted by Gasteiger charge is 2.16. The van der Waals surface area contributed by atoms with Crippen LogP contribution in [0.25, 0.3) is 0 Å². The van der Waals surface area contributed by atoms with Gasteiger partial charge in [-0.25, -0.2) is 0 Å². The number of nitrogens with two attached hydrogens (primary N) is 1. The molecule has 4 nitrogen and oxygen atoms in total. The standard InChI is InChI=1S/C14H16F2N2O2/c1-3-5-12(17)13(19)18-9(2)10-6-4-7-11(8-10)20-14(15)16/h1,4,6-9,12,14H,5,17H2,2H3,(H,18,19). The van der Waals surface area contributed by atoms with Gasteiger partial charge in [0.1, 0.15) is 5.75 Å². The van der Waals surface area contributed by atoms with Crippen LogP contribution in [-0.4, -0.2) is 18.6 Å². The Bertz CT molecular complexity index is 500. The minimum atomic E-state index is -2.89. The predicted molar refractivity (Wildman–Crippen MR) is 71.1 cm³/mol. The molecule has 3 N–H and O–H groups in total. The fraction of sp³-hybridized carbons (Fsp3) is 0.357. The number of amides is 1. The van der Waals surface area contributed by atoms with E-state index in [1.807, 2.05) is 0 Å². The first-order valence-electron chi connectivity index (χ1n) is 5.98. The van der Waals surface area contributed by atoms with Crippen LogP contribution >= 0.6 is 0 Å². The molecule has 2 unspecified atom stereocenters. The van der Waals surface area contributed by atoms with Gasteiger partial charge in [-0.2, -0.15) is 8.78 Å². The zero-order valence-electron chi connectivity index (χ0n) is 11.0. The molecule has 0 aromatic heterocycles. The van der Waals surface area contributed by atoms with Crippen LogP contribution < -0.4 is 15.8 Å². The molecule has 20 heavy (non-hydrogen) atoms. The average Bonchev–Trinajstić information content (AvgIpc) is 2.38. The molecule has 108 valence electrons. The summed E-state index contributed by atoms with van der Waals surface area (Å²) in [6.45, 7) is -1.18. The Morgan fingerprint density at radius 2 is 2.25 bits per heavy atom. The molecular formula is C14H16F2N2O2. The van der Waals surface area contributed by atoms with Crippen molar-refractivity contribution in [2.45, 2.75) is 32.0 Å². The molecule has 0 fully saturated rings. The second-order valence-corrected chi connectivity index (χ2v) is 4.20. The molecule has 1 rings (SSSR count). The number of terminal acetylenes is 1. The minimum absolute atomic E-state index is 0.0338. The number of hydrogen-bond donors (Lipinski definition) is 2. The van der Waals surface area contributed by atoms with E-state index < -0.39 is 24.6 Å². The van der Waals surface area contributed by atoms with Crippen LogP contribution in [0.15, 0.2) is 24.3 Å². The summed E-state index contributed by atoms with van der Waals surface area (Å²) < 4.78 is 28.6. The lowest BCUT2D eigenvalue weighted by atomic mass is 10.1. The molecule has 0 saturated heterocycles. The summed E-state index contributed by atoms with van der Waals surface area (Å²) in [4.78, 5) is 11.7. The van der Waals surface area contributed by atoms with Crippen molar-refractivity contribution in [1.29, 1.82) is 0 Å². The van der Waals surface area contributed by atoms with Crippen molar-refractivity contribution in [2.75, 3.05) is 0 Å². The number of ether oxygens (including phenoxy) is 1. The second kappa shape index (κ2) is 7.46. The van der Waals surface area contributed by atoms with E-state index in [1.54, 1.807) is 19.1 Å². The van der Waals surface area contributed by atoms with Crippen LogP contribution in [0, 0.1) is 12.3 Å². The summed E-state index contributed by atoms with van der Waals surface area (Å²) in [5, 5.41) is 2.66. The summed E-state index contributed by atoms with van der Waals surface area (Å²) in [6.07, 6.45) is 5.21. The van der Waals surface area contributed by atoms with Crippen LogP contribution in [0.5, 0.6) is 5.75 Å². The zero-order chi connectivity index (χ0) is 15.1. The number of benzene rings is 1. The Balaban J connectivity index is 2.70. The van der Waals surface area contributed by atoms with E-state index in [2.05, 4.69) is 16.0 Å². The van der Waals surface area contributed by atoms with Crippen molar-refractivity contribution >= 4 is 5.91 Å². The maximum absolute atomic E-state index is 12.1. The third-order valence-electron chi connectivity index (χ3n) is 2.62. The van der Waals surface area contributed by atoms with Gasteiger partial charge >= 0.3 is 6.61 Å². The summed E-state index contributed by atoms with van der Waals surface area (Å²) in [6, 6.07) is 4.92. The Hall–Kier alpha value is -2.13. The van der Waals surface area contributed by atoms with E-state index in [4.69, 9.17) is 12.2 Å². The Morgan fingerprint density at radius 3 is 2.85 bits per heavy atom. The van der Waals surface area contributed by atoms with Crippen molar-refractivity contribution in [3.05, 3.63) is 29.8 Å². The summed E-state index contributed by atoms with van der Waals surface area (Å²) in [5.41, 5.74) is 6.20. The molecular weight excluding hydrogens is 266 g/mol. The smallest absolute Gasteiger partial charge is 0.387 e. The van der Waals surface area contributed by atoms with E-state index >= 15 is 0 Å². The van der Waals surface area contributed by atoms with Gasteiger partial charge in [0.2, 0.25) is 5.91 Å². The highest BCUT2D eigenvalue weighted by atomic mass is 19.3. The van der Waals surface area contributed by atoms with Gasteiger partial charge in [-0.15, -0.1) is 12.3 Å². The fourth-order valence-corrected chi connectivity index (χ4v) is 1.58. The molecule has 0 spiro atoms. The molecule has 0 aliphatic rings. The van der Waals surface area contributed by atoms with Crippen molar-refractivity contribution in [3.63, 3.8) is 0 Å². The SMILES string of the molecule is C#CCC(N)C(=O)NC(C)c1cccc(OC(F)F)c1. The van der Waals surface area contributed by atoms with Gasteiger partial charge in [0, 0.05) is 6.42 Å². The van der Waals surface area contributed by atoms with E-state index in [9.17, 15) is 13.6 Å². The molecule has 0 bridgehead atoms. The second-order valence-electron chi connectivity index (χ2n) is 4.20. The highest BCUT2D eigenvalue weighted by Crippen LogP contribution is 2.20. The summed E-state index contributed by atoms with van der Waals surface area (Å²) >= 11 is 0. The van der Waals surface area contributed by atoms with E-state index in [-0.39, 0.29) is 12.2 Å². The quantitative estimate of drug-likeness (QED) is 0.782. The van der Waals surface area contributed by atoms with Gasteiger partial charge in [-0.1, -0.05) is 12.1 Å². The third-order valence-corrected chi connectivity index (χ3v) is 2.62. The van der Waals surface area contributed by atoms with Crippen LogP contribution in [0.2, 0.25) is 0 Å². The van der Waals surface area contributed by atoms with E-state index in [0.717, 1.165) is 0 Å². The Kier molecular flexibility index (Phi) is 5.94. The van der Waals surface area contributed by atoms with Gasteiger partial charge in [0.15, 0.2) is 0 Å². The Labute approximate surface area is 116 Å². The molecule has 2 atom stereocenters. The summed E-state index contributed by atoms with van der Waals surface area (Å²) in [5.74, 6) is 1.94. The maximum atomic E-state index is 12.1. The number of halogens is 2. The zero-order valence-corrected chi connectivity index (χ0v) is 11.0. The van der Waals surface area contributed by atoms with E-state index in [1.165, 1.54) is 12.1 Å². The van der Waals surface area contributed by atoms with Gasteiger partial charge in [0.25, 0.3) is 0 Å². The molecule has 0 heterocycles. The maximum Gasteiger partial charge on any atom is 0.387 e. The fourth-order valence-electron chi connectivity index (χ4n) is 1.58. The first-order valence-corrected chi connectivity index (χ1v) is 5.98. The normalized spacial score (nSPS) is 13.4. The van der Waals surface area contributed by atoms with Gasteiger partial charge in [-0.05, 0) is 24.6 Å². The third kappa shape index (κ3) is 4.86. The number of nitrogens with one attached hydrogen (secondary N) is 1. The van der Waals surface area contributed by atoms with Crippen molar-refractivity contribution in [2.24, 2.45) is 5.73 Å². The number of alkyl halides is 2. The lowest BCUT2D eigenvalue weighted by Gasteiger charge is -2.17. The average molecular weight is 282 g/mol. The molecule has 0 aliphatic heterocycles. The monoisotopic (exact) mass is 282 g/mol. The highest BCUT2D eigenvalue weighted by molar-refractivity contribution is 5.82. The lowest BCUT2D eigenvalue weighted by Crippen LogP contribution is -2.41. The molecule has 1 amide bonds. The molecule has 0 aliphatic carbocycles. The van der Waals surface area contributed by atoms with Gasteiger partial charge in [-0.3, -0.25) is 4.79 Å². The van der Waals surface area contributed by atoms with Gasteiger partial charge < -0.3 is 15.8 Å². The van der Waals surface area contributed by atoms with Gasteiger partial charge in [0.05, 0.1) is 12.1 Å². The molecule has 6 heteroatoms. The van der Waals surface area contributed by atoms with Crippen LogP contribution in [0.4, 0.5) is 8.78 Å². The molecule has 1 aromatic rings. The number of hydrogen-bond acceptors (Lipinski definition) is 3. The van der Waals surface area contributed by atoms with Crippen LogP contribution in [-0.2, 0) is 4.79 Å². The number of rotatable bonds is 6.